The van der Waals surface area contributed by atoms with Gasteiger partial charge in [0.1, 0.15) is 11.5 Å². The molecule has 2 rings (SSSR count). The van der Waals surface area contributed by atoms with Crippen molar-refractivity contribution in [3.8, 4) is 11.5 Å². The van der Waals surface area contributed by atoms with Gasteiger partial charge in [0.2, 0.25) is 0 Å². The van der Waals surface area contributed by atoms with Gasteiger partial charge in [0.25, 0.3) is 0 Å². The average Bonchev–Trinajstić information content (AvgIpc) is 2.56. The molecule has 6 nitrogen and oxygen atoms in total. The molecule has 114 valence electrons. The molecule has 0 atom stereocenters. The summed E-state index contributed by atoms with van der Waals surface area (Å²) < 4.78 is 10.1. The minimum absolute atomic E-state index is 0.430. The smallest absolute Gasteiger partial charge is 0.314 e. The maximum Gasteiger partial charge on any atom is 0.314 e. The second-order valence-electron chi connectivity index (χ2n) is 4.34. The summed E-state index contributed by atoms with van der Waals surface area (Å²) in [5, 5.41) is 5.01. The molecule has 0 aliphatic heterocycles. The van der Waals surface area contributed by atoms with Crippen molar-refractivity contribution < 1.29 is 19.1 Å². The van der Waals surface area contributed by atoms with E-state index in [0.29, 0.717) is 22.9 Å². The summed E-state index contributed by atoms with van der Waals surface area (Å²) in [4.78, 5) is 23.8. The molecule has 0 aliphatic carbocycles. The first kappa shape index (κ1) is 15.4. The highest BCUT2D eigenvalue weighted by molar-refractivity contribution is 6.43. The summed E-state index contributed by atoms with van der Waals surface area (Å²) in [5.41, 5.74) is 0.931. The highest BCUT2D eigenvalue weighted by Crippen LogP contribution is 2.23. The van der Waals surface area contributed by atoms with Crippen LogP contribution in [0.1, 0.15) is 0 Å². The molecule has 2 N–H and O–H groups in total. The number of carbonyl (C=O) groups is 2. The number of rotatable bonds is 4. The lowest BCUT2D eigenvalue weighted by molar-refractivity contribution is -0.133. The molecule has 2 aromatic rings. The summed E-state index contributed by atoms with van der Waals surface area (Å²) in [6.45, 7) is 0. The van der Waals surface area contributed by atoms with Crippen LogP contribution < -0.4 is 20.1 Å². The number of amides is 2. The first-order chi connectivity index (χ1) is 10.6. The van der Waals surface area contributed by atoms with E-state index in [9.17, 15) is 9.59 Å². The van der Waals surface area contributed by atoms with E-state index < -0.39 is 11.8 Å². The van der Waals surface area contributed by atoms with Gasteiger partial charge in [-0.15, -0.1) is 0 Å². The Balaban J connectivity index is 2.01. The van der Waals surface area contributed by atoms with Crippen LogP contribution in [0.3, 0.4) is 0 Å². The van der Waals surface area contributed by atoms with Crippen molar-refractivity contribution in [3.05, 3.63) is 48.5 Å². The highest BCUT2D eigenvalue weighted by Gasteiger charge is 2.15. The van der Waals surface area contributed by atoms with Crippen LogP contribution in [-0.4, -0.2) is 26.0 Å². The molecule has 0 heterocycles. The van der Waals surface area contributed by atoms with Crippen molar-refractivity contribution in [2.24, 2.45) is 0 Å². The molecular weight excluding hydrogens is 284 g/mol. The van der Waals surface area contributed by atoms with E-state index in [4.69, 9.17) is 9.47 Å². The lowest BCUT2D eigenvalue weighted by Gasteiger charge is -2.10. The molecule has 0 aliphatic rings. The van der Waals surface area contributed by atoms with E-state index in [1.165, 1.54) is 7.11 Å². The van der Waals surface area contributed by atoms with E-state index >= 15 is 0 Å². The van der Waals surface area contributed by atoms with Crippen LogP contribution in [0, 0.1) is 0 Å². The van der Waals surface area contributed by atoms with Gasteiger partial charge in [-0.3, -0.25) is 9.59 Å². The Morgan fingerprint density at radius 2 is 1.45 bits per heavy atom. The number of nitrogens with one attached hydrogen (secondary N) is 2. The number of anilines is 2. The number of ether oxygens (including phenoxy) is 2. The average molecular weight is 300 g/mol. The van der Waals surface area contributed by atoms with Crippen LogP contribution in [0.2, 0.25) is 0 Å². The van der Waals surface area contributed by atoms with E-state index in [0.717, 1.165) is 0 Å². The van der Waals surface area contributed by atoms with Gasteiger partial charge >= 0.3 is 11.8 Å². The minimum Gasteiger partial charge on any atom is -0.497 e. The molecule has 0 aromatic heterocycles. The number of hydrogen-bond acceptors (Lipinski definition) is 4. The highest BCUT2D eigenvalue weighted by atomic mass is 16.5. The zero-order valence-electron chi connectivity index (χ0n) is 12.3. The van der Waals surface area contributed by atoms with Crippen LogP contribution in [0.25, 0.3) is 0 Å². The van der Waals surface area contributed by atoms with Crippen molar-refractivity contribution in [2.75, 3.05) is 24.9 Å². The number of para-hydroxylation sites is 2. The molecule has 0 unspecified atom stereocenters. The zero-order chi connectivity index (χ0) is 15.9. The fourth-order valence-electron chi connectivity index (χ4n) is 1.79. The van der Waals surface area contributed by atoms with Gasteiger partial charge in [0.05, 0.1) is 19.9 Å². The third-order valence-corrected chi connectivity index (χ3v) is 2.91. The first-order valence-electron chi connectivity index (χ1n) is 6.53. The Kier molecular flexibility index (Phi) is 4.98. The van der Waals surface area contributed by atoms with Gasteiger partial charge in [-0.25, -0.2) is 0 Å². The first-order valence-corrected chi connectivity index (χ1v) is 6.53. The summed E-state index contributed by atoms with van der Waals surface area (Å²) in [5.74, 6) is -0.402. The maximum absolute atomic E-state index is 11.9. The van der Waals surface area contributed by atoms with E-state index in [1.54, 1.807) is 55.6 Å². The van der Waals surface area contributed by atoms with E-state index in [-0.39, 0.29) is 0 Å². The van der Waals surface area contributed by atoms with Gasteiger partial charge in [-0.2, -0.15) is 0 Å². The Hall–Kier alpha value is -3.02. The third-order valence-electron chi connectivity index (χ3n) is 2.91. The number of hydrogen-bond donors (Lipinski definition) is 2. The van der Waals surface area contributed by atoms with Crippen molar-refractivity contribution >= 4 is 23.2 Å². The Morgan fingerprint density at radius 1 is 0.818 bits per heavy atom. The SMILES string of the molecule is COc1ccc(NC(=O)C(=O)Nc2ccccc2OC)cc1. The molecule has 0 saturated carbocycles. The van der Waals surface area contributed by atoms with Crippen molar-refractivity contribution in [2.45, 2.75) is 0 Å². The Labute approximate surface area is 128 Å². The van der Waals surface area contributed by atoms with Crippen molar-refractivity contribution in [1.82, 2.24) is 0 Å². The predicted octanol–water partition coefficient (Wildman–Crippen LogP) is 2.28. The predicted molar refractivity (Wildman–Crippen MR) is 83.2 cm³/mol. The Bertz CT molecular complexity index is 668. The summed E-state index contributed by atoms with van der Waals surface area (Å²) in [6, 6.07) is 13.5. The van der Waals surface area contributed by atoms with Crippen LogP contribution in [0.15, 0.2) is 48.5 Å². The van der Waals surface area contributed by atoms with Crippen LogP contribution in [0.5, 0.6) is 11.5 Å². The number of methoxy groups -OCH3 is 2. The van der Waals surface area contributed by atoms with Crippen molar-refractivity contribution in [1.29, 1.82) is 0 Å². The summed E-state index contributed by atoms with van der Waals surface area (Å²) >= 11 is 0. The van der Waals surface area contributed by atoms with Crippen LogP contribution in [-0.2, 0) is 9.59 Å². The third kappa shape index (κ3) is 3.76. The second kappa shape index (κ2) is 7.12. The van der Waals surface area contributed by atoms with Crippen LogP contribution >= 0.6 is 0 Å². The normalized spacial score (nSPS) is 9.73. The lowest BCUT2D eigenvalue weighted by atomic mass is 10.3. The molecule has 0 spiro atoms. The van der Waals surface area contributed by atoms with E-state index in [2.05, 4.69) is 10.6 Å². The molecule has 0 fully saturated rings. The fourth-order valence-corrected chi connectivity index (χ4v) is 1.79. The number of carbonyl (C=O) groups excluding carboxylic acids is 2. The van der Waals surface area contributed by atoms with Gasteiger partial charge in [-0.05, 0) is 36.4 Å². The summed E-state index contributed by atoms with van der Waals surface area (Å²) in [7, 11) is 3.04. The van der Waals surface area contributed by atoms with Gasteiger partial charge in [0.15, 0.2) is 0 Å². The minimum atomic E-state index is -0.777. The van der Waals surface area contributed by atoms with Gasteiger partial charge in [-0.1, -0.05) is 12.1 Å². The lowest BCUT2D eigenvalue weighted by Crippen LogP contribution is -2.29. The molecule has 2 amide bonds. The largest absolute Gasteiger partial charge is 0.497 e. The molecule has 2 aromatic carbocycles. The fraction of sp³-hybridized carbons (Fsp3) is 0.125. The Morgan fingerprint density at radius 3 is 2.09 bits per heavy atom. The van der Waals surface area contributed by atoms with Gasteiger partial charge in [0, 0.05) is 5.69 Å². The molecule has 0 bridgehead atoms. The number of benzene rings is 2. The molecule has 0 radical (unpaired) electrons. The second-order valence-corrected chi connectivity index (χ2v) is 4.34. The molecule has 0 saturated heterocycles. The quantitative estimate of drug-likeness (QED) is 0.849. The summed E-state index contributed by atoms with van der Waals surface area (Å²) in [6.07, 6.45) is 0. The van der Waals surface area contributed by atoms with Crippen LogP contribution in [0.4, 0.5) is 11.4 Å². The zero-order valence-corrected chi connectivity index (χ0v) is 12.3. The maximum atomic E-state index is 11.9. The van der Waals surface area contributed by atoms with E-state index in [1.807, 2.05) is 0 Å². The standard InChI is InChI=1S/C16H16N2O4/c1-21-12-9-7-11(8-10-12)17-15(19)16(20)18-13-5-3-4-6-14(13)22-2/h3-10H,1-2H3,(H,17,19)(H,18,20). The molecule has 6 heteroatoms. The monoisotopic (exact) mass is 300 g/mol. The molecule has 22 heavy (non-hydrogen) atoms. The van der Waals surface area contributed by atoms with Gasteiger partial charge < -0.3 is 20.1 Å². The molecular formula is C16H16N2O4. The topological polar surface area (TPSA) is 76.7 Å². The van der Waals surface area contributed by atoms with Crippen molar-refractivity contribution in [3.63, 3.8) is 0 Å².